The van der Waals surface area contributed by atoms with E-state index in [0.29, 0.717) is 12.0 Å². The van der Waals surface area contributed by atoms with E-state index >= 15 is 0 Å². The molecule has 1 unspecified atom stereocenters. The number of nitrogens with one attached hydrogen (secondary N) is 1. The summed E-state index contributed by atoms with van der Waals surface area (Å²) in [5.41, 5.74) is 1.12. The molecule has 1 N–H and O–H groups in total. The van der Waals surface area contributed by atoms with Crippen LogP contribution in [0.15, 0.2) is 45.9 Å². The molecular weight excluding hydrogens is 332 g/mol. The number of anilines is 1. The highest BCUT2D eigenvalue weighted by atomic mass is 79.9. The van der Waals surface area contributed by atoms with E-state index in [1.165, 1.54) is 10.8 Å². The van der Waals surface area contributed by atoms with Crippen LogP contribution in [0.1, 0.15) is 13.8 Å². The Morgan fingerprint density at radius 3 is 2.65 bits per heavy atom. The molecule has 1 atom stereocenters. The van der Waals surface area contributed by atoms with Crippen LogP contribution in [0, 0.1) is 5.92 Å². The molecule has 1 heterocycles. The van der Waals surface area contributed by atoms with Crippen LogP contribution in [0.25, 0.3) is 10.8 Å². The van der Waals surface area contributed by atoms with E-state index in [1.54, 1.807) is 0 Å². The van der Waals surface area contributed by atoms with Crippen LogP contribution in [-0.4, -0.2) is 17.0 Å². The first kappa shape index (κ1) is 14.0. The van der Waals surface area contributed by atoms with Crippen molar-refractivity contribution in [2.75, 3.05) is 11.1 Å². The molecule has 0 saturated carbocycles. The minimum absolute atomic E-state index is 0.434. The number of nitrogens with zero attached hydrogens (tertiary/aromatic N) is 1. The summed E-state index contributed by atoms with van der Waals surface area (Å²) in [5, 5.41) is 6.97. The van der Waals surface area contributed by atoms with Gasteiger partial charge in [0.2, 0.25) is 0 Å². The van der Waals surface area contributed by atoms with Crippen molar-refractivity contribution in [2.45, 2.75) is 19.9 Å². The second-order valence-corrected chi connectivity index (χ2v) is 7.19. The first-order valence-electron chi connectivity index (χ1n) is 6.80. The maximum atomic E-state index is 4.77. The molecule has 0 aliphatic carbocycles. The van der Waals surface area contributed by atoms with Gasteiger partial charge in [-0.15, -0.1) is 0 Å². The van der Waals surface area contributed by atoms with Crippen LogP contribution in [0.2, 0.25) is 0 Å². The van der Waals surface area contributed by atoms with Crippen molar-refractivity contribution in [1.29, 1.82) is 0 Å². The molecule has 1 aliphatic heterocycles. The Bertz CT molecular complexity index is 667. The molecule has 20 heavy (non-hydrogen) atoms. The molecule has 3 rings (SSSR count). The van der Waals surface area contributed by atoms with Crippen LogP contribution >= 0.6 is 27.7 Å². The SMILES string of the molecule is CC(C)C1CSC(Nc2ccc(Br)c3ccccc23)=N1. The Hall–Kier alpha value is -1.00. The predicted octanol–water partition coefficient (Wildman–Crippen LogP) is 5.14. The van der Waals surface area contributed by atoms with Crippen molar-refractivity contribution in [2.24, 2.45) is 10.9 Å². The van der Waals surface area contributed by atoms with E-state index in [1.807, 2.05) is 11.8 Å². The lowest BCUT2D eigenvalue weighted by molar-refractivity contribution is 0.543. The zero-order chi connectivity index (χ0) is 14.1. The van der Waals surface area contributed by atoms with Crippen molar-refractivity contribution in [3.05, 3.63) is 40.9 Å². The van der Waals surface area contributed by atoms with Gasteiger partial charge in [-0.1, -0.05) is 65.8 Å². The number of halogens is 1. The molecule has 0 radical (unpaired) electrons. The molecule has 2 aromatic carbocycles. The van der Waals surface area contributed by atoms with Gasteiger partial charge < -0.3 is 5.32 Å². The zero-order valence-electron chi connectivity index (χ0n) is 11.6. The summed E-state index contributed by atoms with van der Waals surface area (Å²) in [6.45, 7) is 4.46. The summed E-state index contributed by atoms with van der Waals surface area (Å²) >= 11 is 5.42. The Balaban J connectivity index is 1.93. The molecular formula is C16H17BrN2S. The second-order valence-electron chi connectivity index (χ2n) is 5.32. The Kier molecular flexibility index (Phi) is 4.03. The molecule has 0 spiro atoms. The summed E-state index contributed by atoms with van der Waals surface area (Å²) < 4.78 is 1.12. The third-order valence-corrected chi connectivity index (χ3v) is 5.24. The average molecular weight is 349 g/mol. The molecule has 0 fully saturated rings. The van der Waals surface area contributed by atoms with E-state index in [4.69, 9.17) is 4.99 Å². The topological polar surface area (TPSA) is 24.4 Å². The van der Waals surface area contributed by atoms with Gasteiger partial charge in [0.05, 0.1) is 6.04 Å². The van der Waals surface area contributed by atoms with E-state index in [9.17, 15) is 0 Å². The van der Waals surface area contributed by atoms with Crippen molar-refractivity contribution < 1.29 is 0 Å². The van der Waals surface area contributed by atoms with Crippen molar-refractivity contribution in [1.82, 2.24) is 0 Å². The fourth-order valence-electron chi connectivity index (χ4n) is 2.29. The standard InChI is InChI=1S/C16H17BrN2S/c1-10(2)15-9-20-16(19-15)18-14-8-7-13(17)11-5-3-4-6-12(11)14/h3-8,10,15H,9H2,1-2H3,(H,18,19). The Labute approximate surface area is 132 Å². The van der Waals surface area contributed by atoms with Gasteiger partial charge in [0, 0.05) is 21.3 Å². The maximum Gasteiger partial charge on any atom is 0.161 e. The lowest BCUT2D eigenvalue weighted by Crippen LogP contribution is -2.12. The lowest BCUT2D eigenvalue weighted by atomic mass is 10.1. The summed E-state index contributed by atoms with van der Waals surface area (Å²) in [7, 11) is 0. The van der Waals surface area contributed by atoms with E-state index in [0.717, 1.165) is 21.1 Å². The highest BCUT2D eigenvalue weighted by molar-refractivity contribution is 9.10. The number of aliphatic imine (C=N–C) groups is 1. The zero-order valence-corrected chi connectivity index (χ0v) is 14.0. The Morgan fingerprint density at radius 1 is 1.20 bits per heavy atom. The van der Waals surface area contributed by atoms with Crippen molar-refractivity contribution >= 4 is 49.3 Å². The molecule has 4 heteroatoms. The summed E-state index contributed by atoms with van der Waals surface area (Å²) in [4.78, 5) is 4.77. The lowest BCUT2D eigenvalue weighted by Gasteiger charge is -2.10. The normalized spacial score (nSPS) is 18.6. The first-order chi connectivity index (χ1) is 9.65. The molecule has 2 nitrogen and oxygen atoms in total. The van der Waals surface area contributed by atoms with Gasteiger partial charge in [0.25, 0.3) is 0 Å². The van der Waals surface area contributed by atoms with Crippen LogP contribution in [0.4, 0.5) is 5.69 Å². The van der Waals surface area contributed by atoms with Gasteiger partial charge in [-0.05, 0) is 23.4 Å². The number of thioether (sulfide) groups is 1. The van der Waals surface area contributed by atoms with Gasteiger partial charge >= 0.3 is 0 Å². The summed E-state index contributed by atoms with van der Waals surface area (Å²) in [6, 6.07) is 13.0. The molecule has 0 bridgehead atoms. The summed E-state index contributed by atoms with van der Waals surface area (Å²) in [6.07, 6.45) is 0. The Morgan fingerprint density at radius 2 is 1.95 bits per heavy atom. The maximum absolute atomic E-state index is 4.77. The number of hydrogen-bond donors (Lipinski definition) is 1. The highest BCUT2D eigenvalue weighted by Crippen LogP contribution is 2.32. The van der Waals surface area contributed by atoms with Gasteiger partial charge in [0.1, 0.15) is 0 Å². The predicted molar refractivity (Wildman–Crippen MR) is 93.8 cm³/mol. The fourth-order valence-corrected chi connectivity index (χ4v) is 3.94. The van der Waals surface area contributed by atoms with Crippen LogP contribution in [0.3, 0.4) is 0 Å². The number of hydrogen-bond acceptors (Lipinski definition) is 3. The van der Waals surface area contributed by atoms with E-state index in [2.05, 4.69) is 71.5 Å². The highest BCUT2D eigenvalue weighted by Gasteiger charge is 2.21. The van der Waals surface area contributed by atoms with Crippen LogP contribution in [0.5, 0.6) is 0 Å². The monoisotopic (exact) mass is 348 g/mol. The van der Waals surface area contributed by atoms with E-state index in [-0.39, 0.29) is 0 Å². The minimum atomic E-state index is 0.434. The minimum Gasteiger partial charge on any atom is -0.334 e. The van der Waals surface area contributed by atoms with Crippen LogP contribution in [-0.2, 0) is 0 Å². The molecule has 0 amide bonds. The number of fused-ring (bicyclic) bond motifs is 1. The smallest absolute Gasteiger partial charge is 0.161 e. The molecule has 104 valence electrons. The van der Waals surface area contributed by atoms with E-state index < -0.39 is 0 Å². The van der Waals surface area contributed by atoms with Gasteiger partial charge in [-0.25, -0.2) is 0 Å². The summed E-state index contributed by atoms with van der Waals surface area (Å²) in [5.74, 6) is 1.68. The quantitative estimate of drug-likeness (QED) is 0.812. The molecule has 0 aromatic heterocycles. The third kappa shape index (κ3) is 2.72. The van der Waals surface area contributed by atoms with Crippen molar-refractivity contribution in [3.8, 4) is 0 Å². The van der Waals surface area contributed by atoms with Gasteiger partial charge in [0.15, 0.2) is 5.17 Å². The number of benzene rings is 2. The van der Waals surface area contributed by atoms with Gasteiger partial charge in [-0.2, -0.15) is 0 Å². The average Bonchev–Trinajstić information content (AvgIpc) is 2.91. The molecule has 0 saturated heterocycles. The number of rotatable bonds is 2. The molecule has 1 aliphatic rings. The second kappa shape index (κ2) is 5.78. The number of amidine groups is 1. The fraction of sp³-hybridized carbons (Fsp3) is 0.312. The largest absolute Gasteiger partial charge is 0.334 e. The molecule has 2 aromatic rings. The van der Waals surface area contributed by atoms with Crippen LogP contribution < -0.4 is 5.32 Å². The first-order valence-corrected chi connectivity index (χ1v) is 8.58. The van der Waals surface area contributed by atoms with Gasteiger partial charge in [-0.3, -0.25) is 4.99 Å². The van der Waals surface area contributed by atoms with Crippen molar-refractivity contribution in [3.63, 3.8) is 0 Å². The third-order valence-electron chi connectivity index (χ3n) is 3.56.